The Hall–Kier alpha value is -1.25. The van der Waals surface area contributed by atoms with Gasteiger partial charge in [0.2, 0.25) is 0 Å². The number of halogens is 3. The molecule has 0 saturated carbocycles. The molecule has 0 amide bonds. The van der Waals surface area contributed by atoms with Crippen LogP contribution >= 0.6 is 45.1 Å². The molecule has 0 unspecified atom stereocenters. The lowest BCUT2D eigenvalue weighted by molar-refractivity contribution is 1.05. The summed E-state index contributed by atoms with van der Waals surface area (Å²) in [5.74, 6) is 0. The summed E-state index contributed by atoms with van der Waals surface area (Å²) in [6, 6.07) is 12.8. The molecule has 0 saturated heterocycles. The van der Waals surface area contributed by atoms with E-state index in [1.54, 1.807) is 0 Å². The van der Waals surface area contributed by atoms with Gasteiger partial charge >= 0.3 is 0 Å². The van der Waals surface area contributed by atoms with Crippen molar-refractivity contribution in [3.8, 4) is 0 Å². The molecule has 3 aromatic heterocycles. The Bertz CT molecular complexity index is 630. The second kappa shape index (κ2) is 15.6. The number of hydrogen-bond donors (Lipinski definition) is 0. The maximum Gasteiger partial charge on any atom is 0.0270 e. The summed E-state index contributed by atoms with van der Waals surface area (Å²) in [4.78, 5) is 12.4. The second-order valence-corrected chi connectivity index (χ2v) is 8.84. The minimum atomic E-state index is 0. The highest BCUT2D eigenvalue weighted by atomic mass is 35.5. The van der Waals surface area contributed by atoms with E-state index in [1.165, 1.54) is 35.2 Å². The van der Waals surface area contributed by atoms with E-state index >= 15 is 0 Å². The summed E-state index contributed by atoms with van der Waals surface area (Å²) < 4.78 is 0. The van der Waals surface area contributed by atoms with Gasteiger partial charge in [0, 0.05) is 37.2 Å². The first-order valence-electron chi connectivity index (χ1n) is 8.79. The fourth-order valence-electron chi connectivity index (χ4n) is 2.85. The molecule has 0 aromatic carbocycles. The number of hydrogen-bond acceptors (Lipinski definition) is 3. The fourth-order valence-corrected chi connectivity index (χ4v) is 5.24. The summed E-state index contributed by atoms with van der Waals surface area (Å²) in [5, 5.41) is 0. The summed E-state index contributed by atoms with van der Waals surface area (Å²) in [5.41, 5.74) is 4.20. The van der Waals surface area contributed by atoms with E-state index in [1.807, 2.05) is 37.2 Å². The Morgan fingerprint density at radius 1 is 0.464 bits per heavy atom. The van der Waals surface area contributed by atoms with Crippen molar-refractivity contribution in [1.29, 1.82) is 0 Å². The summed E-state index contributed by atoms with van der Waals surface area (Å²) >= 11 is 0. The van der Waals surface area contributed by atoms with Crippen LogP contribution in [0.2, 0.25) is 0 Å². The third-order valence-corrected chi connectivity index (χ3v) is 6.97. The molecule has 0 aliphatic carbocycles. The van der Waals surface area contributed by atoms with Crippen LogP contribution in [0.3, 0.4) is 0 Å². The first-order chi connectivity index (χ1) is 12.4. The van der Waals surface area contributed by atoms with Gasteiger partial charge in [-0.05, 0) is 90.8 Å². The van der Waals surface area contributed by atoms with Crippen molar-refractivity contribution in [2.24, 2.45) is 0 Å². The molecular formula is C21H27Cl3N3P. The minimum Gasteiger partial charge on any atom is -0.265 e. The van der Waals surface area contributed by atoms with Gasteiger partial charge in [-0.1, -0.05) is 0 Å². The largest absolute Gasteiger partial charge is 0.265 e. The zero-order chi connectivity index (χ0) is 17.2. The van der Waals surface area contributed by atoms with Crippen LogP contribution in [0, 0.1) is 0 Å². The van der Waals surface area contributed by atoms with Gasteiger partial charge in [0.1, 0.15) is 0 Å². The summed E-state index contributed by atoms with van der Waals surface area (Å²) in [6.45, 7) is 0. The van der Waals surface area contributed by atoms with Gasteiger partial charge in [-0.25, -0.2) is 0 Å². The van der Waals surface area contributed by atoms with Gasteiger partial charge in [-0.15, -0.1) is 45.1 Å². The molecule has 3 aromatic rings. The van der Waals surface area contributed by atoms with Crippen LogP contribution < -0.4 is 0 Å². The SMILES string of the molecule is Cl.Cl.Cl.c1cc(CCP(CCc2ccncc2)CCc2ccncc2)ccn1. The smallest absolute Gasteiger partial charge is 0.0270 e. The van der Waals surface area contributed by atoms with Crippen molar-refractivity contribution in [1.82, 2.24) is 15.0 Å². The van der Waals surface area contributed by atoms with E-state index in [4.69, 9.17) is 0 Å². The average molecular weight is 459 g/mol. The summed E-state index contributed by atoms with van der Waals surface area (Å²) in [7, 11) is 0.00709. The first-order valence-corrected chi connectivity index (χ1v) is 10.7. The Morgan fingerprint density at radius 3 is 0.964 bits per heavy atom. The third kappa shape index (κ3) is 9.80. The van der Waals surface area contributed by atoms with E-state index in [9.17, 15) is 0 Å². The molecule has 0 bridgehead atoms. The van der Waals surface area contributed by atoms with Crippen LogP contribution in [0.25, 0.3) is 0 Å². The minimum absolute atomic E-state index is 0. The van der Waals surface area contributed by atoms with Gasteiger partial charge in [-0.2, -0.15) is 0 Å². The van der Waals surface area contributed by atoms with Crippen LogP contribution in [-0.4, -0.2) is 33.4 Å². The molecule has 3 nitrogen and oxygen atoms in total. The fraction of sp³-hybridized carbons (Fsp3) is 0.286. The Labute approximate surface area is 187 Å². The number of rotatable bonds is 9. The predicted octanol–water partition coefficient (Wildman–Crippen LogP) is 5.65. The zero-order valence-corrected chi connectivity index (χ0v) is 19.0. The quantitative estimate of drug-likeness (QED) is 0.389. The van der Waals surface area contributed by atoms with Gasteiger partial charge < -0.3 is 0 Å². The van der Waals surface area contributed by atoms with Crippen molar-refractivity contribution in [3.05, 3.63) is 90.3 Å². The lowest BCUT2D eigenvalue weighted by atomic mass is 10.2. The lowest BCUT2D eigenvalue weighted by Gasteiger charge is -2.18. The Morgan fingerprint density at radius 2 is 0.714 bits per heavy atom. The van der Waals surface area contributed by atoms with E-state index < -0.39 is 0 Å². The molecule has 0 N–H and O–H groups in total. The molecule has 152 valence electrons. The topological polar surface area (TPSA) is 38.7 Å². The molecule has 3 heterocycles. The van der Waals surface area contributed by atoms with Gasteiger partial charge in [0.05, 0.1) is 0 Å². The summed E-state index contributed by atoms with van der Waals surface area (Å²) in [6.07, 6.45) is 18.7. The van der Waals surface area contributed by atoms with E-state index in [-0.39, 0.29) is 45.1 Å². The first kappa shape index (κ1) is 26.8. The number of nitrogens with zero attached hydrogens (tertiary/aromatic N) is 3. The van der Waals surface area contributed by atoms with Crippen molar-refractivity contribution in [3.63, 3.8) is 0 Å². The second-order valence-electron chi connectivity index (χ2n) is 6.16. The number of pyridine rings is 3. The monoisotopic (exact) mass is 457 g/mol. The third-order valence-electron chi connectivity index (χ3n) is 4.40. The van der Waals surface area contributed by atoms with Crippen LogP contribution in [0.5, 0.6) is 0 Å². The maximum absolute atomic E-state index is 4.12. The predicted molar refractivity (Wildman–Crippen MR) is 127 cm³/mol. The van der Waals surface area contributed by atoms with Crippen LogP contribution in [0.1, 0.15) is 16.7 Å². The highest BCUT2D eigenvalue weighted by molar-refractivity contribution is 7.57. The zero-order valence-electron chi connectivity index (χ0n) is 15.7. The van der Waals surface area contributed by atoms with Crippen LogP contribution in [0.4, 0.5) is 0 Å². The van der Waals surface area contributed by atoms with Gasteiger partial charge in [0.15, 0.2) is 0 Å². The number of aryl methyl sites for hydroxylation is 3. The molecule has 0 spiro atoms. The normalized spacial score (nSPS) is 9.75. The highest BCUT2D eigenvalue weighted by Gasteiger charge is 2.09. The van der Waals surface area contributed by atoms with Crippen molar-refractivity contribution >= 4 is 45.1 Å². The van der Waals surface area contributed by atoms with Crippen LogP contribution in [-0.2, 0) is 19.3 Å². The van der Waals surface area contributed by atoms with E-state index in [0.29, 0.717) is 0 Å². The molecule has 0 fully saturated rings. The standard InChI is InChI=1S/C21H24N3P.3ClH/c1-10-22-11-2-19(1)7-16-25(17-8-20-3-12-23-13-4-20)18-9-21-5-14-24-15-6-21;;;/h1-6,10-15H,7-9,16-18H2;3*1H. The van der Waals surface area contributed by atoms with E-state index in [0.717, 1.165) is 19.3 Å². The highest BCUT2D eigenvalue weighted by Crippen LogP contribution is 2.37. The molecular weight excluding hydrogens is 432 g/mol. The molecule has 0 atom stereocenters. The van der Waals surface area contributed by atoms with Crippen molar-refractivity contribution in [2.75, 3.05) is 18.5 Å². The van der Waals surface area contributed by atoms with Gasteiger partial charge in [-0.3, -0.25) is 15.0 Å². The Balaban J connectivity index is 0.00000243. The van der Waals surface area contributed by atoms with Crippen molar-refractivity contribution in [2.45, 2.75) is 19.3 Å². The Kier molecular flexibility index (Phi) is 14.9. The lowest BCUT2D eigenvalue weighted by Crippen LogP contribution is -2.03. The molecule has 28 heavy (non-hydrogen) atoms. The van der Waals surface area contributed by atoms with Crippen LogP contribution in [0.15, 0.2) is 73.6 Å². The molecule has 0 aliphatic rings. The number of aromatic nitrogens is 3. The van der Waals surface area contributed by atoms with E-state index in [2.05, 4.69) is 51.4 Å². The maximum atomic E-state index is 4.12. The van der Waals surface area contributed by atoms with Crippen molar-refractivity contribution < 1.29 is 0 Å². The molecule has 3 rings (SSSR count). The average Bonchev–Trinajstić information content (AvgIpc) is 2.70. The molecule has 7 heteroatoms. The molecule has 0 aliphatic heterocycles. The van der Waals surface area contributed by atoms with Gasteiger partial charge in [0.25, 0.3) is 0 Å². The molecule has 0 radical (unpaired) electrons.